The molecule has 3 nitrogen and oxygen atoms in total. The molecule has 3 heteroatoms. The van der Waals surface area contributed by atoms with E-state index < -0.39 is 5.72 Å². The minimum absolute atomic E-state index is 0.541. The summed E-state index contributed by atoms with van der Waals surface area (Å²) in [5.74, 6) is 0. The maximum absolute atomic E-state index is 10.6. The monoisotopic (exact) mass is 227 g/mol. The summed E-state index contributed by atoms with van der Waals surface area (Å²) in [4.78, 5) is 14.4. The molecule has 2 rings (SSSR count). The summed E-state index contributed by atoms with van der Waals surface area (Å²) >= 11 is 0. The second-order valence-electron chi connectivity index (χ2n) is 3.77. The van der Waals surface area contributed by atoms with Gasteiger partial charge >= 0.3 is 0 Å². The molecule has 0 N–H and O–H groups in total. The minimum atomic E-state index is -0.933. The summed E-state index contributed by atoms with van der Waals surface area (Å²) in [6.07, 6.45) is 7.94. The van der Waals surface area contributed by atoms with Crippen molar-refractivity contribution in [3.05, 3.63) is 54.1 Å². The molecule has 1 aliphatic carbocycles. The largest absolute Gasteiger partial charge is 0.352 e. The first-order valence-electron chi connectivity index (χ1n) is 5.39. The van der Waals surface area contributed by atoms with Crippen LogP contribution < -0.4 is 0 Å². The zero-order valence-electron chi connectivity index (χ0n) is 9.59. The molecule has 0 saturated carbocycles. The van der Waals surface area contributed by atoms with E-state index in [1.54, 1.807) is 13.2 Å². The smallest absolute Gasteiger partial charge is 0.238 e. The van der Waals surface area contributed by atoms with Crippen LogP contribution in [0.3, 0.4) is 0 Å². The van der Waals surface area contributed by atoms with E-state index in [1.807, 2.05) is 48.6 Å². The highest BCUT2D eigenvalue weighted by Gasteiger charge is 2.35. The zero-order valence-corrected chi connectivity index (χ0v) is 9.59. The first-order chi connectivity index (χ1) is 8.32. The molecular weight excluding hydrogens is 214 g/mol. The summed E-state index contributed by atoms with van der Waals surface area (Å²) in [6, 6.07) is 9.78. The summed E-state index contributed by atoms with van der Waals surface area (Å²) in [5.41, 5.74) is 0.946. The van der Waals surface area contributed by atoms with Gasteiger partial charge in [-0.1, -0.05) is 48.6 Å². The van der Waals surface area contributed by atoms with Crippen LogP contribution in [0.2, 0.25) is 0 Å². The van der Waals surface area contributed by atoms with Crippen molar-refractivity contribution in [2.24, 2.45) is 4.99 Å². The van der Waals surface area contributed by atoms with Gasteiger partial charge in [0, 0.05) is 19.1 Å². The number of hydrogen-bond donors (Lipinski definition) is 0. The van der Waals surface area contributed by atoms with Gasteiger partial charge in [-0.2, -0.15) is 4.99 Å². The van der Waals surface area contributed by atoms with E-state index in [0.29, 0.717) is 6.42 Å². The van der Waals surface area contributed by atoms with E-state index in [9.17, 15) is 4.79 Å². The minimum Gasteiger partial charge on any atom is -0.352 e. The van der Waals surface area contributed by atoms with E-state index in [4.69, 9.17) is 4.74 Å². The topological polar surface area (TPSA) is 38.7 Å². The Kier molecular flexibility index (Phi) is 3.33. The molecule has 0 saturated heterocycles. The fraction of sp³-hybridized carbons (Fsp3) is 0.214. The van der Waals surface area contributed by atoms with E-state index in [2.05, 4.69) is 4.99 Å². The van der Waals surface area contributed by atoms with Crippen molar-refractivity contribution in [3.63, 3.8) is 0 Å². The zero-order chi connectivity index (χ0) is 12.1. The normalized spacial score (nSPS) is 22.8. The highest BCUT2D eigenvalue weighted by Crippen LogP contribution is 2.36. The number of aliphatic imine (C=N–C) groups is 1. The Morgan fingerprint density at radius 2 is 2.12 bits per heavy atom. The Labute approximate surface area is 100 Å². The third kappa shape index (κ3) is 2.11. The number of ether oxygens (including phenoxy) is 1. The van der Waals surface area contributed by atoms with E-state index >= 15 is 0 Å². The number of nitrogens with zero attached hydrogens (tertiary/aromatic N) is 1. The maximum Gasteiger partial charge on any atom is 0.238 e. The van der Waals surface area contributed by atoms with Crippen molar-refractivity contribution in [1.82, 2.24) is 0 Å². The van der Waals surface area contributed by atoms with Gasteiger partial charge in [0.15, 0.2) is 5.72 Å². The second-order valence-corrected chi connectivity index (χ2v) is 3.77. The SMILES string of the molecule is COC1(N=C=O)CC=CC=C1c1ccccc1. The lowest BCUT2D eigenvalue weighted by atomic mass is 9.89. The number of allylic oxidation sites excluding steroid dienone is 2. The van der Waals surface area contributed by atoms with E-state index in [-0.39, 0.29) is 0 Å². The number of isocyanates is 1. The lowest BCUT2D eigenvalue weighted by Crippen LogP contribution is -2.31. The van der Waals surface area contributed by atoms with Gasteiger partial charge in [-0.3, -0.25) is 0 Å². The number of methoxy groups -OCH3 is 1. The Morgan fingerprint density at radius 3 is 2.76 bits per heavy atom. The van der Waals surface area contributed by atoms with Crippen LogP contribution in [0.15, 0.2) is 53.6 Å². The Morgan fingerprint density at radius 1 is 1.35 bits per heavy atom. The lowest BCUT2D eigenvalue weighted by molar-refractivity contribution is 0.0511. The molecule has 0 aromatic heterocycles. The number of hydrogen-bond acceptors (Lipinski definition) is 3. The number of benzene rings is 1. The Hall–Kier alpha value is -1.96. The molecule has 0 aliphatic heterocycles. The van der Waals surface area contributed by atoms with Crippen LogP contribution in [0.25, 0.3) is 5.57 Å². The Bertz CT molecular complexity index is 498. The average Bonchev–Trinajstić information content (AvgIpc) is 2.40. The molecule has 86 valence electrons. The standard InChI is InChI=1S/C14H13NO2/c1-17-14(15-11-16)10-6-5-9-13(14)12-7-3-2-4-8-12/h2-9H,10H2,1H3. The van der Waals surface area contributed by atoms with Crippen molar-refractivity contribution in [2.75, 3.05) is 7.11 Å². The number of carbonyl (C=O) groups excluding carboxylic acids is 1. The summed E-state index contributed by atoms with van der Waals surface area (Å²) in [7, 11) is 1.55. The van der Waals surface area contributed by atoms with Crippen LogP contribution in [-0.4, -0.2) is 18.9 Å². The van der Waals surface area contributed by atoms with Crippen LogP contribution in [0.4, 0.5) is 0 Å². The van der Waals surface area contributed by atoms with Crippen LogP contribution in [0.1, 0.15) is 12.0 Å². The Balaban J connectivity index is 2.52. The van der Waals surface area contributed by atoms with Gasteiger partial charge in [0.25, 0.3) is 0 Å². The lowest BCUT2D eigenvalue weighted by Gasteiger charge is -2.30. The molecule has 0 spiro atoms. The molecule has 1 aromatic carbocycles. The van der Waals surface area contributed by atoms with Gasteiger partial charge < -0.3 is 4.74 Å². The van der Waals surface area contributed by atoms with Gasteiger partial charge in [-0.25, -0.2) is 4.79 Å². The molecule has 1 unspecified atom stereocenters. The molecule has 0 bridgehead atoms. The van der Waals surface area contributed by atoms with Gasteiger partial charge in [0.1, 0.15) is 0 Å². The first kappa shape index (κ1) is 11.5. The average molecular weight is 227 g/mol. The van der Waals surface area contributed by atoms with Crippen molar-refractivity contribution in [1.29, 1.82) is 0 Å². The molecule has 1 atom stereocenters. The van der Waals surface area contributed by atoms with Crippen LogP contribution in [-0.2, 0) is 9.53 Å². The molecule has 0 heterocycles. The first-order valence-corrected chi connectivity index (χ1v) is 5.39. The van der Waals surface area contributed by atoms with Gasteiger partial charge in [-0.15, -0.1) is 0 Å². The number of rotatable bonds is 3. The highest BCUT2D eigenvalue weighted by molar-refractivity contribution is 5.75. The molecule has 0 radical (unpaired) electrons. The molecule has 1 aromatic rings. The molecule has 1 aliphatic rings. The third-order valence-electron chi connectivity index (χ3n) is 2.86. The van der Waals surface area contributed by atoms with Gasteiger partial charge in [0.05, 0.1) is 0 Å². The highest BCUT2D eigenvalue weighted by atomic mass is 16.5. The van der Waals surface area contributed by atoms with Crippen LogP contribution in [0, 0.1) is 0 Å². The quantitative estimate of drug-likeness (QED) is 0.588. The fourth-order valence-corrected chi connectivity index (χ4v) is 1.99. The summed E-state index contributed by atoms with van der Waals surface area (Å²) in [6.45, 7) is 0. The van der Waals surface area contributed by atoms with E-state index in [0.717, 1.165) is 11.1 Å². The van der Waals surface area contributed by atoms with Crippen molar-refractivity contribution < 1.29 is 9.53 Å². The van der Waals surface area contributed by atoms with Crippen molar-refractivity contribution in [3.8, 4) is 0 Å². The maximum atomic E-state index is 10.6. The van der Waals surface area contributed by atoms with Gasteiger partial charge in [0.2, 0.25) is 6.08 Å². The van der Waals surface area contributed by atoms with Crippen LogP contribution >= 0.6 is 0 Å². The molecule has 0 amide bonds. The molecule has 0 fully saturated rings. The van der Waals surface area contributed by atoms with Crippen molar-refractivity contribution >= 4 is 11.7 Å². The van der Waals surface area contributed by atoms with Crippen LogP contribution in [0.5, 0.6) is 0 Å². The summed E-state index contributed by atoms with van der Waals surface area (Å²) in [5, 5.41) is 0. The second kappa shape index (κ2) is 4.91. The van der Waals surface area contributed by atoms with Gasteiger partial charge in [-0.05, 0) is 5.56 Å². The van der Waals surface area contributed by atoms with E-state index in [1.165, 1.54) is 0 Å². The predicted octanol–water partition coefficient (Wildman–Crippen LogP) is 2.71. The van der Waals surface area contributed by atoms with Crippen molar-refractivity contribution in [2.45, 2.75) is 12.1 Å². The molecular formula is C14H13NO2. The predicted molar refractivity (Wildman–Crippen MR) is 66.0 cm³/mol. The summed E-state index contributed by atoms with van der Waals surface area (Å²) < 4.78 is 5.44. The molecule has 17 heavy (non-hydrogen) atoms. The fourth-order valence-electron chi connectivity index (χ4n) is 1.99. The third-order valence-corrected chi connectivity index (χ3v) is 2.86.